The normalized spacial score (nSPS) is 20.8. The minimum atomic E-state index is -1.94. The van der Waals surface area contributed by atoms with Gasteiger partial charge in [-0.25, -0.2) is 0 Å². The summed E-state index contributed by atoms with van der Waals surface area (Å²) in [4.78, 5) is 0. The van der Waals surface area contributed by atoms with Gasteiger partial charge in [0.1, 0.15) is 0 Å². The molecule has 0 spiro atoms. The number of rotatable bonds is 0. The van der Waals surface area contributed by atoms with Crippen molar-refractivity contribution in [2.24, 2.45) is 0 Å². The van der Waals surface area contributed by atoms with Crippen molar-refractivity contribution in [3.8, 4) is 0 Å². The smallest absolute Gasteiger partial charge is 0.0276 e. The first-order chi connectivity index (χ1) is 2.94. The molecule has 0 aliphatic heterocycles. The fourth-order valence-electron chi connectivity index (χ4n) is 0. The average Bonchev–Trinajstić information content (AvgIpc) is 1.31. The van der Waals surface area contributed by atoms with Gasteiger partial charge in [0.15, 0.2) is 0 Å². The Labute approximate surface area is 31.4 Å². The van der Waals surface area contributed by atoms with Crippen LogP contribution in [0.3, 0.4) is 0 Å². The molecule has 0 aliphatic rings. The van der Waals surface area contributed by atoms with Crippen molar-refractivity contribution in [1.29, 1.82) is 0 Å². The summed E-state index contributed by atoms with van der Waals surface area (Å²) in [5.41, 5.74) is 0.243. The van der Waals surface area contributed by atoms with Crippen molar-refractivity contribution in [3.05, 3.63) is 12.2 Å². The molecule has 0 aromatic rings. The summed E-state index contributed by atoms with van der Waals surface area (Å²) in [5, 5.41) is 0. The van der Waals surface area contributed by atoms with Gasteiger partial charge in [0, 0.05) is 4.11 Å². The van der Waals surface area contributed by atoms with Gasteiger partial charge in [-0.2, -0.15) is 0 Å². The molecule has 0 aromatic heterocycles. The van der Waals surface area contributed by atoms with Gasteiger partial charge in [-0.3, -0.25) is 0 Å². The Morgan fingerprint density at radius 1 is 2.25 bits per heavy atom. The zero-order valence-electron chi connectivity index (χ0n) is 5.71. The Bertz CT molecular complexity index is 79.4. The minimum absolute atomic E-state index is 0.243. The molecule has 0 bridgehead atoms. The molecule has 0 fully saturated rings. The highest BCUT2D eigenvalue weighted by Gasteiger charge is 1.51. The molecule has 0 aromatic carbocycles. The standard InChI is InChI=1S/C4H8/c1-4(2)3/h1H2,2-3H3/i2D3. The van der Waals surface area contributed by atoms with Crippen molar-refractivity contribution >= 4 is 0 Å². The van der Waals surface area contributed by atoms with Gasteiger partial charge in [0.25, 0.3) is 0 Å². The van der Waals surface area contributed by atoms with Crippen LogP contribution in [0.15, 0.2) is 12.2 Å². The summed E-state index contributed by atoms with van der Waals surface area (Å²) in [7, 11) is 0. The van der Waals surface area contributed by atoms with E-state index < -0.39 is 6.85 Å². The maximum Gasteiger partial charge on any atom is 0.0276 e. The molecule has 0 rings (SSSR count). The van der Waals surface area contributed by atoms with Crippen LogP contribution in [0.5, 0.6) is 0 Å². The molecule has 0 unspecified atom stereocenters. The molecule has 0 nitrogen and oxygen atoms in total. The van der Waals surface area contributed by atoms with Crippen molar-refractivity contribution in [1.82, 2.24) is 0 Å². The van der Waals surface area contributed by atoms with Crippen LogP contribution in [-0.2, 0) is 0 Å². The van der Waals surface area contributed by atoms with Gasteiger partial charge in [0.2, 0.25) is 0 Å². The van der Waals surface area contributed by atoms with Crippen molar-refractivity contribution in [2.75, 3.05) is 0 Å². The molecule has 0 heterocycles. The van der Waals surface area contributed by atoms with E-state index in [1.54, 1.807) is 0 Å². The lowest BCUT2D eigenvalue weighted by molar-refractivity contribution is 1.42. The lowest BCUT2D eigenvalue weighted by Crippen LogP contribution is -1.43. The molecule has 0 heteroatoms. The molecule has 4 heavy (non-hydrogen) atoms. The third-order valence-electron chi connectivity index (χ3n) is 0. The second-order valence-corrected chi connectivity index (χ2v) is 0.780. The molecule has 0 radical (unpaired) electrons. The first-order valence-corrected chi connectivity index (χ1v) is 1.10. The van der Waals surface area contributed by atoms with Crippen LogP contribution in [0.1, 0.15) is 17.9 Å². The van der Waals surface area contributed by atoms with Crippen LogP contribution < -0.4 is 0 Å². The Morgan fingerprint density at radius 2 is 2.50 bits per heavy atom. The predicted molar refractivity (Wildman–Crippen MR) is 20.5 cm³/mol. The molecule has 0 amide bonds. The Hall–Kier alpha value is -0.260. The SMILES string of the molecule is [2H]C([2H])([2H])C(=C)C. The van der Waals surface area contributed by atoms with Crippen molar-refractivity contribution in [2.45, 2.75) is 13.8 Å². The van der Waals surface area contributed by atoms with E-state index in [-0.39, 0.29) is 5.57 Å². The molecular weight excluding hydrogens is 48.0 g/mol. The third kappa shape index (κ3) is 14.1. The zero-order chi connectivity index (χ0) is 6.08. The Balaban J connectivity index is 3.79. The van der Waals surface area contributed by atoms with E-state index >= 15 is 0 Å². The summed E-state index contributed by atoms with van der Waals surface area (Å²) < 4.78 is 19.9. The summed E-state index contributed by atoms with van der Waals surface area (Å²) >= 11 is 0. The van der Waals surface area contributed by atoms with Gasteiger partial charge >= 0.3 is 0 Å². The lowest BCUT2D eigenvalue weighted by atomic mass is 10.4. The Morgan fingerprint density at radius 3 is 2.50 bits per heavy atom. The van der Waals surface area contributed by atoms with Crippen molar-refractivity contribution < 1.29 is 4.11 Å². The van der Waals surface area contributed by atoms with E-state index in [2.05, 4.69) is 6.58 Å². The van der Waals surface area contributed by atoms with Gasteiger partial charge < -0.3 is 0 Å². The van der Waals surface area contributed by atoms with E-state index in [9.17, 15) is 0 Å². The quantitative estimate of drug-likeness (QED) is 0.372. The van der Waals surface area contributed by atoms with E-state index in [4.69, 9.17) is 4.11 Å². The molecule has 0 N–H and O–H groups in total. The topological polar surface area (TPSA) is 0 Å². The minimum Gasteiger partial charge on any atom is -0.100 e. The van der Waals surface area contributed by atoms with Crippen LogP contribution in [-0.4, -0.2) is 0 Å². The fraction of sp³-hybridized carbons (Fsp3) is 0.500. The van der Waals surface area contributed by atoms with Gasteiger partial charge in [0.05, 0.1) is 0 Å². The first kappa shape index (κ1) is 0.852. The zero-order valence-corrected chi connectivity index (χ0v) is 2.71. The van der Waals surface area contributed by atoms with E-state index in [0.717, 1.165) is 0 Å². The van der Waals surface area contributed by atoms with Crippen LogP contribution in [0.25, 0.3) is 0 Å². The monoisotopic (exact) mass is 59.1 g/mol. The largest absolute Gasteiger partial charge is 0.100 e. The summed E-state index contributed by atoms with van der Waals surface area (Å²) in [6.45, 7) is 2.81. The van der Waals surface area contributed by atoms with Crippen LogP contribution >= 0.6 is 0 Å². The highest BCUT2D eigenvalue weighted by Crippen LogP contribution is 1.73. The van der Waals surface area contributed by atoms with Crippen LogP contribution in [0.4, 0.5) is 0 Å². The lowest BCUT2D eigenvalue weighted by Gasteiger charge is -1.65. The Kier molecular flexibility index (Phi) is 0.235. The van der Waals surface area contributed by atoms with Crippen LogP contribution in [0, 0.1) is 0 Å². The van der Waals surface area contributed by atoms with Crippen LogP contribution in [0.2, 0.25) is 0 Å². The summed E-state index contributed by atoms with van der Waals surface area (Å²) in [6.07, 6.45) is 0. The molecular formula is C4H8. The third-order valence-corrected chi connectivity index (χ3v) is 0. The maximum atomic E-state index is 6.62. The summed E-state index contributed by atoms with van der Waals surface area (Å²) in [6, 6.07) is 0. The fourth-order valence-corrected chi connectivity index (χ4v) is 0. The molecule has 0 saturated carbocycles. The van der Waals surface area contributed by atoms with Gasteiger partial charge in [-0.1, -0.05) is 5.57 Å². The molecule has 0 saturated heterocycles. The second-order valence-electron chi connectivity index (χ2n) is 0.780. The van der Waals surface area contributed by atoms with Gasteiger partial charge in [-0.05, 0) is 13.8 Å². The summed E-state index contributed by atoms with van der Waals surface area (Å²) in [5.74, 6) is 0. The second kappa shape index (κ2) is 1.10. The number of hydrogen-bond acceptors (Lipinski definition) is 0. The van der Waals surface area contributed by atoms with Gasteiger partial charge in [-0.15, -0.1) is 6.58 Å². The molecule has 24 valence electrons. The number of allylic oxidation sites excluding steroid dienone is 1. The molecule has 0 aliphatic carbocycles. The average molecular weight is 59.1 g/mol. The number of hydrogen-bond donors (Lipinski definition) is 0. The predicted octanol–water partition coefficient (Wildman–Crippen LogP) is 1.58. The highest BCUT2D eigenvalue weighted by molar-refractivity contribution is 4.78. The molecule has 0 atom stereocenters. The first-order valence-electron chi connectivity index (χ1n) is 2.60. The van der Waals surface area contributed by atoms with Crippen molar-refractivity contribution in [3.63, 3.8) is 0 Å². The highest BCUT2D eigenvalue weighted by atomic mass is 13.6. The van der Waals surface area contributed by atoms with E-state index in [1.807, 2.05) is 0 Å². The van der Waals surface area contributed by atoms with E-state index in [1.165, 1.54) is 6.92 Å². The maximum absolute atomic E-state index is 6.62. The van der Waals surface area contributed by atoms with E-state index in [0.29, 0.717) is 0 Å².